The number of thioether (sulfide) groups is 1. The molecule has 138 valence electrons. The molecule has 0 bridgehead atoms. The molecule has 0 aromatic heterocycles. The van der Waals surface area contributed by atoms with Crippen LogP contribution in [-0.4, -0.2) is 16.8 Å². The third-order valence-electron chi connectivity index (χ3n) is 4.43. The van der Waals surface area contributed by atoms with Gasteiger partial charge in [-0.3, -0.25) is 4.79 Å². The molecule has 0 saturated heterocycles. The number of benzene rings is 3. The predicted octanol–water partition coefficient (Wildman–Crippen LogP) is 5.96. The summed E-state index contributed by atoms with van der Waals surface area (Å²) in [6, 6.07) is 30.5. The van der Waals surface area contributed by atoms with Crippen molar-refractivity contribution >= 4 is 17.7 Å². The minimum absolute atomic E-state index is 0.125. The zero-order chi connectivity index (χ0) is 19.1. The van der Waals surface area contributed by atoms with Crippen molar-refractivity contribution in [3.05, 3.63) is 102 Å². The highest BCUT2D eigenvalue weighted by Crippen LogP contribution is 2.37. The summed E-state index contributed by atoms with van der Waals surface area (Å²) in [4.78, 5) is 16.7. The Kier molecular flexibility index (Phi) is 6.72. The maximum Gasteiger partial charge on any atom is 0.241 e. The monoisotopic (exact) mass is 375 g/mol. The number of carbonyl (C=O) groups is 1. The van der Waals surface area contributed by atoms with Crippen LogP contribution >= 0.6 is 11.8 Å². The van der Waals surface area contributed by atoms with Gasteiger partial charge in [0.2, 0.25) is 5.91 Å². The van der Waals surface area contributed by atoms with E-state index in [9.17, 15) is 4.79 Å². The Morgan fingerprint density at radius 3 is 1.89 bits per heavy atom. The standard InChI is InChI=1S/C24H25NOS/c1-19(2)25(18-20-12-6-3-7-13-20)24(26)23(21-14-8-4-9-15-21)27-22-16-10-5-11-17-22/h3-17,19,23H,18H2,1-2H3/t23-/m1/s1. The molecule has 0 N–H and O–H groups in total. The van der Waals surface area contributed by atoms with E-state index in [1.807, 2.05) is 71.6 Å². The first-order chi connectivity index (χ1) is 13.1. The summed E-state index contributed by atoms with van der Waals surface area (Å²) in [7, 11) is 0. The average Bonchev–Trinajstić information content (AvgIpc) is 2.72. The lowest BCUT2D eigenvalue weighted by Gasteiger charge is -2.31. The van der Waals surface area contributed by atoms with Gasteiger partial charge in [-0.25, -0.2) is 0 Å². The van der Waals surface area contributed by atoms with Gasteiger partial charge in [-0.15, -0.1) is 11.8 Å². The third-order valence-corrected chi connectivity index (χ3v) is 5.68. The molecule has 0 radical (unpaired) electrons. The molecule has 0 spiro atoms. The Labute approximate surface area is 166 Å². The smallest absolute Gasteiger partial charge is 0.241 e. The number of rotatable bonds is 7. The summed E-state index contributed by atoms with van der Waals surface area (Å²) in [5.41, 5.74) is 2.19. The van der Waals surface area contributed by atoms with E-state index < -0.39 is 0 Å². The van der Waals surface area contributed by atoms with E-state index >= 15 is 0 Å². The van der Waals surface area contributed by atoms with Crippen LogP contribution in [0.5, 0.6) is 0 Å². The van der Waals surface area contributed by atoms with Gasteiger partial charge in [0.1, 0.15) is 5.25 Å². The summed E-state index contributed by atoms with van der Waals surface area (Å²) in [6.45, 7) is 4.78. The number of carbonyl (C=O) groups excluding carboxylic acids is 1. The first-order valence-corrected chi connectivity index (χ1v) is 10.1. The van der Waals surface area contributed by atoms with Gasteiger partial charge >= 0.3 is 0 Å². The molecule has 0 aliphatic heterocycles. The van der Waals surface area contributed by atoms with Crippen molar-refractivity contribution in [3.63, 3.8) is 0 Å². The van der Waals surface area contributed by atoms with E-state index in [0.717, 1.165) is 16.0 Å². The Hall–Kier alpha value is -2.52. The van der Waals surface area contributed by atoms with E-state index in [-0.39, 0.29) is 17.2 Å². The molecule has 1 atom stereocenters. The minimum Gasteiger partial charge on any atom is -0.335 e. The largest absolute Gasteiger partial charge is 0.335 e. The molecule has 3 aromatic rings. The summed E-state index contributed by atoms with van der Waals surface area (Å²) >= 11 is 1.62. The lowest BCUT2D eigenvalue weighted by molar-refractivity contribution is -0.133. The van der Waals surface area contributed by atoms with Crippen LogP contribution in [0, 0.1) is 0 Å². The number of hydrogen-bond acceptors (Lipinski definition) is 2. The van der Waals surface area contributed by atoms with E-state index in [0.29, 0.717) is 6.54 Å². The fourth-order valence-electron chi connectivity index (χ4n) is 2.97. The van der Waals surface area contributed by atoms with E-state index in [1.54, 1.807) is 11.8 Å². The van der Waals surface area contributed by atoms with Crippen LogP contribution < -0.4 is 0 Å². The Bertz CT molecular complexity index is 834. The van der Waals surface area contributed by atoms with Crippen LogP contribution in [0.3, 0.4) is 0 Å². The van der Waals surface area contributed by atoms with Gasteiger partial charge in [0.05, 0.1) is 0 Å². The molecule has 27 heavy (non-hydrogen) atoms. The molecule has 0 aliphatic carbocycles. The predicted molar refractivity (Wildman–Crippen MR) is 114 cm³/mol. The lowest BCUT2D eigenvalue weighted by atomic mass is 10.1. The zero-order valence-electron chi connectivity index (χ0n) is 15.8. The summed E-state index contributed by atoms with van der Waals surface area (Å²) < 4.78 is 0. The quantitative estimate of drug-likeness (QED) is 0.475. The normalized spacial score (nSPS) is 12.0. The molecule has 0 aliphatic rings. The van der Waals surface area contributed by atoms with Gasteiger partial charge in [-0.2, -0.15) is 0 Å². The summed E-state index contributed by atoms with van der Waals surface area (Å²) in [6.07, 6.45) is 0. The van der Waals surface area contributed by atoms with Crippen LogP contribution in [0.25, 0.3) is 0 Å². The summed E-state index contributed by atoms with van der Waals surface area (Å²) in [5, 5.41) is -0.264. The highest BCUT2D eigenvalue weighted by atomic mass is 32.2. The number of nitrogens with zero attached hydrogens (tertiary/aromatic N) is 1. The van der Waals surface area contributed by atoms with Gasteiger partial charge < -0.3 is 4.90 Å². The second-order valence-electron chi connectivity index (χ2n) is 6.77. The minimum atomic E-state index is -0.264. The van der Waals surface area contributed by atoms with Crippen molar-refractivity contribution in [2.24, 2.45) is 0 Å². The molecule has 1 amide bonds. The molecule has 0 heterocycles. The fraction of sp³-hybridized carbons (Fsp3) is 0.208. The highest BCUT2D eigenvalue weighted by molar-refractivity contribution is 8.00. The molecule has 2 nitrogen and oxygen atoms in total. The van der Waals surface area contributed by atoms with Crippen LogP contribution in [0.2, 0.25) is 0 Å². The fourth-order valence-corrected chi connectivity index (χ4v) is 4.09. The summed E-state index contributed by atoms with van der Waals surface area (Å²) in [5.74, 6) is 0.147. The van der Waals surface area contributed by atoms with Crippen LogP contribution in [0.1, 0.15) is 30.2 Å². The second-order valence-corrected chi connectivity index (χ2v) is 7.95. The lowest BCUT2D eigenvalue weighted by Crippen LogP contribution is -2.38. The van der Waals surface area contributed by atoms with Crippen LogP contribution in [-0.2, 0) is 11.3 Å². The van der Waals surface area contributed by atoms with E-state index in [1.165, 1.54) is 0 Å². The molecule has 0 unspecified atom stereocenters. The Morgan fingerprint density at radius 2 is 1.33 bits per heavy atom. The van der Waals surface area contributed by atoms with Gasteiger partial charge in [-0.1, -0.05) is 78.9 Å². The molecule has 0 saturated carbocycles. The van der Waals surface area contributed by atoms with Crippen LogP contribution in [0.4, 0.5) is 0 Å². The van der Waals surface area contributed by atoms with Crippen molar-refractivity contribution in [2.75, 3.05) is 0 Å². The molecule has 3 aromatic carbocycles. The van der Waals surface area contributed by atoms with Crippen molar-refractivity contribution in [3.8, 4) is 0 Å². The Morgan fingerprint density at radius 1 is 0.815 bits per heavy atom. The van der Waals surface area contributed by atoms with E-state index in [4.69, 9.17) is 0 Å². The Balaban J connectivity index is 1.90. The van der Waals surface area contributed by atoms with Gasteiger partial charge in [0, 0.05) is 17.5 Å². The van der Waals surface area contributed by atoms with Crippen LogP contribution in [0.15, 0.2) is 95.9 Å². The third kappa shape index (κ3) is 5.24. The van der Waals surface area contributed by atoms with Crippen molar-refractivity contribution in [1.29, 1.82) is 0 Å². The number of amides is 1. The van der Waals surface area contributed by atoms with Gasteiger partial charge in [-0.05, 0) is 37.1 Å². The maximum absolute atomic E-state index is 13.6. The first-order valence-electron chi connectivity index (χ1n) is 9.26. The molecule has 3 rings (SSSR count). The SMILES string of the molecule is CC(C)N(Cc1ccccc1)C(=O)[C@H](Sc1ccccc1)c1ccccc1. The molecular formula is C24H25NOS. The molecule has 0 fully saturated rings. The van der Waals surface area contributed by atoms with Crippen molar-refractivity contribution in [2.45, 2.75) is 36.6 Å². The highest BCUT2D eigenvalue weighted by Gasteiger charge is 2.28. The molecular weight excluding hydrogens is 350 g/mol. The van der Waals surface area contributed by atoms with Crippen molar-refractivity contribution < 1.29 is 4.79 Å². The van der Waals surface area contributed by atoms with Gasteiger partial charge in [0.15, 0.2) is 0 Å². The second kappa shape index (κ2) is 9.43. The topological polar surface area (TPSA) is 20.3 Å². The first kappa shape index (κ1) is 19.2. The zero-order valence-corrected chi connectivity index (χ0v) is 16.6. The molecule has 3 heteroatoms. The average molecular weight is 376 g/mol. The maximum atomic E-state index is 13.6. The van der Waals surface area contributed by atoms with Crippen molar-refractivity contribution in [1.82, 2.24) is 4.90 Å². The van der Waals surface area contributed by atoms with E-state index in [2.05, 4.69) is 38.1 Å². The number of hydrogen-bond donors (Lipinski definition) is 0. The van der Waals surface area contributed by atoms with Gasteiger partial charge in [0.25, 0.3) is 0 Å².